The van der Waals surface area contributed by atoms with Crippen LogP contribution in [0, 0.1) is 0 Å². The Balaban J connectivity index is 1.83. The molecule has 0 atom stereocenters. The molecule has 0 aliphatic rings. The number of aliphatic imine (C=N–C) groups is 1. The van der Waals surface area contributed by atoms with Gasteiger partial charge in [0.05, 0.1) is 6.33 Å². The Labute approximate surface area is 133 Å². The molecular weight excluding hydrogens is 330 g/mol. The molecule has 0 amide bonds. The molecule has 1 heterocycles. The van der Waals surface area contributed by atoms with E-state index in [0.717, 1.165) is 30.1 Å². The highest BCUT2D eigenvalue weighted by Gasteiger charge is 2.06. The zero-order valence-electron chi connectivity index (χ0n) is 12.3. The summed E-state index contributed by atoms with van der Waals surface area (Å²) in [5.74, 6) is 0.887. The fraction of sp³-hybridized carbons (Fsp3) is 0.333. The van der Waals surface area contributed by atoms with E-state index < -0.39 is 0 Å². The first-order valence-electron chi connectivity index (χ1n) is 6.81. The third-order valence-electron chi connectivity index (χ3n) is 3.12. The first kappa shape index (κ1) is 15.6. The maximum absolute atomic E-state index is 4.32. The molecule has 1 aromatic heterocycles. The van der Waals surface area contributed by atoms with Crippen LogP contribution in [0.2, 0.25) is 0 Å². The van der Waals surface area contributed by atoms with E-state index in [4.69, 9.17) is 0 Å². The van der Waals surface area contributed by atoms with E-state index in [9.17, 15) is 0 Å². The predicted molar refractivity (Wildman–Crippen MR) is 89.2 cm³/mol. The number of halogens is 1. The molecule has 0 fully saturated rings. The van der Waals surface area contributed by atoms with Gasteiger partial charge in [-0.25, -0.2) is 4.98 Å². The van der Waals surface area contributed by atoms with E-state index in [0.29, 0.717) is 0 Å². The van der Waals surface area contributed by atoms with Crippen LogP contribution in [0.4, 0.5) is 0 Å². The molecule has 0 bridgehead atoms. The Morgan fingerprint density at radius 2 is 2.14 bits per heavy atom. The van der Waals surface area contributed by atoms with Crippen molar-refractivity contribution in [2.24, 2.45) is 4.99 Å². The summed E-state index contributed by atoms with van der Waals surface area (Å²) in [5.41, 5.74) is 1.25. The van der Waals surface area contributed by atoms with E-state index in [2.05, 4.69) is 60.4 Å². The largest absolute Gasteiger partial charge is 0.354 e. The van der Waals surface area contributed by atoms with Gasteiger partial charge in [0, 0.05) is 50.6 Å². The molecule has 0 saturated carbocycles. The third kappa shape index (κ3) is 4.90. The Kier molecular flexibility index (Phi) is 5.80. The SMILES string of the molecule is CN=C(NCCn1ccnc1)N(C)Cc1ccc(Br)cc1. The first-order valence-corrected chi connectivity index (χ1v) is 7.60. The second-order valence-electron chi connectivity index (χ2n) is 4.76. The fourth-order valence-electron chi connectivity index (χ4n) is 2.04. The molecule has 2 rings (SSSR count). The number of nitrogens with zero attached hydrogens (tertiary/aromatic N) is 4. The van der Waals surface area contributed by atoms with Gasteiger partial charge in [0.2, 0.25) is 0 Å². The van der Waals surface area contributed by atoms with Gasteiger partial charge in [-0.05, 0) is 17.7 Å². The molecule has 21 heavy (non-hydrogen) atoms. The van der Waals surface area contributed by atoms with Crippen LogP contribution in [0.5, 0.6) is 0 Å². The molecule has 1 N–H and O–H groups in total. The fourth-order valence-corrected chi connectivity index (χ4v) is 2.30. The van der Waals surface area contributed by atoms with Crippen LogP contribution in [0.25, 0.3) is 0 Å². The van der Waals surface area contributed by atoms with Crippen LogP contribution in [-0.4, -0.2) is 41.1 Å². The van der Waals surface area contributed by atoms with Crippen molar-refractivity contribution in [2.45, 2.75) is 13.1 Å². The highest BCUT2D eigenvalue weighted by Crippen LogP contribution is 2.11. The smallest absolute Gasteiger partial charge is 0.193 e. The molecule has 0 radical (unpaired) electrons. The van der Waals surface area contributed by atoms with Crippen molar-refractivity contribution in [3.8, 4) is 0 Å². The second kappa shape index (κ2) is 7.83. The summed E-state index contributed by atoms with van der Waals surface area (Å²) in [6.07, 6.45) is 5.56. The number of imidazole rings is 1. The summed E-state index contributed by atoms with van der Waals surface area (Å²) in [4.78, 5) is 10.5. The number of rotatable bonds is 5. The lowest BCUT2D eigenvalue weighted by molar-refractivity contribution is 0.473. The Hall–Kier alpha value is -1.82. The molecular formula is C15H20BrN5. The van der Waals surface area contributed by atoms with E-state index in [1.165, 1.54) is 5.56 Å². The monoisotopic (exact) mass is 349 g/mol. The van der Waals surface area contributed by atoms with Crippen LogP contribution in [0.15, 0.2) is 52.5 Å². The van der Waals surface area contributed by atoms with Crippen LogP contribution >= 0.6 is 15.9 Å². The van der Waals surface area contributed by atoms with Gasteiger partial charge in [0.1, 0.15) is 0 Å². The van der Waals surface area contributed by atoms with Crippen molar-refractivity contribution in [2.75, 3.05) is 20.6 Å². The Morgan fingerprint density at radius 3 is 2.76 bits per heavy atom. The minimum atomic E-state index is 0.813. The van der Waals surface area contributed by atoms with Gasteiger partial charge in [0.15, 0.2) is 5.96 Å². The summed E-state index contributed by atoms with van der Waals surface area (Å²) in [6.45, 7) is 2.50. The van der Waals surface area contributed by atoms with Gasteiger partial charge in [-0.3, -0.25) is 4.99 Å². The molecule has 0 aliphatic carbocycles. The van der Waals surface area contributed by atoms with Crippen molar-refractivity contribution < 1.29 is 0 Å². The summed E-state index contributed by atoms with van der Waals surface area (Å²) in [7, 11) is 3.84. The average molecular weight is 350 g/mol. The van der Waals surface area contributed by atoms with Crippen molar-refractivity contribution in [3.63, 3.8) is 0 Å². The van der Waals surface area contributed by atoms with Crippen molar-refractivity contribution in [3.05, 3.63) is 53.0 Å². The van der Waals surface area contributed by atoms with Crippen LogP contribution in [-0.2, 0) is 13.1 Å². The van der Waals surface area contributed by atoms with E-state index in [-0.39, 0.29) is 0 Å². The maximum Gasteiger partial charge on any atom is 0.193 e. The lowest BCUT2D eigenvalue weighted by Crippen LogP contribution is -2.39. The second-order valence-corrected chi connectivity index (χ2v) is 5.67. The number of guanidine groups is 1. The molecule has 0 spiro atoms. The summed E-state index contributed by atoms with van der Waals surface area (Å²) in [5, 5.41) is 3.36. The molecule has 6 heteroatoms. The molecule has 5 nitrogen and oxygen atoms in total. The quantitative estimate of drug-likeness (QED) is 0.665. The third-order valence-corrected chi connectivity index (χ3v) is 3.65. The molecule has 112 valence electrons. The minimum Gasteiger partial charge on any atom is -0.354 e. The van der Waals surface area contributed by atoms with E-state index >= 15 is 0 Å². The average Bonchev–Trinajstić information content (AvgIpc) is 2.99. The van der Waals surface area contributed by atoms with Gasteiger partial charge in [0.25, 0.3) is 0 Å². The molecule has 0 saturated heterocycles. The van der Waals surface area contributed by atoms with Gasteiger partial charge in [-0.15, -0.1) is 0 Å². The Bertz CT molecular complexity index is 562. The Morgan fingerprint density at radius 1 is 1.38 bits per heavy atom. The van der Waals surface area contributed by atoms with Crippen LogP contribution in [0.1, 0.15) is 5.56 Å². The zero-order chi connectivity index (χ0) is 15.1. The topological polar surface area (TPSA) is 45.5 Å². The van der Waals surface area contributed by atoms with Gasteiger partial charge >= 0.3 is 0 Å². The van der Waals surface area contributed by atoms with Crippen LogP contribution in [0.3, 0.4) is 0 Å². The molecule has 2 aromatic rings. The van der Waals surface area contributed by atoms with E-state index in [1.54, 1.807) is 13.2 Å². The highest BCUT2D eigenvalue weighted by atomic mass is 79.9. The highest BCUT2D eigenvalue weighted by molar-refractivity contribution is 9.10. The number of nitrogens with one attached hydrogen (secondary N) is 1. The van der Waals surface area contributed by atoms with Gasteiger partial charge < -0.3 is 14.8 Å². The molecule has 0 aliphatic heterocycles. The maximum atomic E-state index is 4.32. The van der Waals surface area contributed by atoms with Crippen LogP contribution < -0.4 is 5.32 Å². The predicted octanol–water partition coefficient (Wildman–Crippen LogP) is 2.35. The van der Waals surface area contributed by atoms with Crippen molar-refractivity contribution in [1.82, 2.24) is 19.8 Å². The minimum absolute atomic E-state index is 0.813. The lowest BCUT2D eigenvalue weighted by atomic mass is 10.2. The van der Waals surface area contributed by atoms with E-state index in [1.807, 2.05) is 24.1 Å². The zero-order valence-corrected chi connectivity index (χ0v) is 13.9. The lowest BCUT2D eigenvalue weighted by Gasteiger charge is -2.22. The van der Waals surface area contributed by atoms with Gasteiger partial charge in [-0.2, -0.15) is 0 Å². The first-order chi connectivity index (χ1) is 10.2. The summed E-state index contributed by atoms with van der Waals surface area (Å²) in [6, 6.07) is 8.33. The van der Waals surface area contributed by atoms with Crippen molar-refractivity contribution in [1.29, 1.82) is 0 Å². The standard InChI is InChI=1S/C15H20BrN5/c1-17-15(19-8-10-21-9-7-18-12-21)20(2)11-13-3-5-14(16)6-4-13/h3-7,9,12H,8,10-11H2,1-2H3,(H,17,19). The normalized spacial score (nSPS) is 11.5. The van der Waals surface area contributed by atoms with Crippen molar-refractivity contribution >= 4 is 21.9 Å². The molecule has 0 unspecified atom stereocenters. The van der Waals surface area contributed by atoms with Gasteiger partial charge in [-0.1, -0.05) is 28.1 Å². The molecule has 1 aromatic carbocycles. The summed E-state index contributed by atoms with van der Waals surface area (Å²) < 4.78 is 3.13. The number of aromatic nitrogens is 2. The summed E-state index contributed by atoms with van der Waals surface area (Å²) >= 11 is 3.45. The number of hydrogen-bond acceptors (Lipinski definition) is 2. The number of hydrogen-bond donors (Lipinski definition) is 1. The number of benzene rings is 1.